The molecular weight excluding hydrogens is 380 g/mol. The lowest BCUT2D eigenvalue weighted by molar-refractivity contribution is 0.414. The fraction of sp³-hybridized carbons (Fsp3) is 0.167. The van der Waals surface area contributed by atoms with Gasteiger partial charge in [-0.05, 0) is 41.8 Å². The van der Waals surface area contributed by atoms with Gasteiger partial charge in [0.25, 0.3) is 5.56 Å². The number of methoxy groups -OCH3 is 1. The SMILES string of the molecule is COc1cccc(Cn2c(SCCc3ccccc3)nc3ccccc3c2=O)c1. The van der Waals surface area contributed by atoms with Gasteiger partial charge in [0.2, 0.25) is 0 Å². The number of ether oxygens (including phenoxy) is 1. The van der Waals surface area contributed by atoms with Gasteiger partial charge in [-0.25, -0.2) is 4.98 Å². The average Bonchev–Trinajstić information content (AvgIpc) is 2.77. The molecule has 1 aromatic heterocycles. The van der Waals surface area contributed by atoms with E-state index in [9.17, 15) is 4.79 Å². The number of thioether (sulfide) groups is 1. The minimum absolute atomic E-state index is 0.0133. The van der Waals surface area contributed by atoms with Crippen molar-refractivity contribution >= 4 is 22.7 Å². The van der Waals surface area contributed by atoms with Crippen molar-refractivity contribution in [3.63, 3.8) is 0 Å². The molecule has 4 rings (SSSR count). The Morgan fingerprint density at radius 1 is 0.931 bits per heavy atom. The van der Waals surface area contributed by atoms with Gasteiger partial charge < -0.3 is 4.74 Å². The van der Waals surface area contributed by atoms with Crippen LogP contribution in [0.4, 0.5) is 0 Å². The van der Waals surface area contributed by atoms with Crippen LogP contribution in [0.2, 0.25) is 0 Å². The Morgan fingerprint density at radius 3 is 2.52 bits per heavy atom. The third-order valence-electron chi connectivity index (χ3n) is 4.77. The molecule has 0 spiro atoms. The Balaban J connectivity index is 1.67. The summed E-state index contributed by atoms with van der Waals surface area (Å²) in [4.78, 5) is 18.0. The van der Waals surface area contributed by atoms with Crippen molar-refractivity contribution < 1.29 is 4.74 Å². The molecule has 0 radical (unpaired) electrons. The zero-order valence-corrected chi connectivity index (χ0v) is 17.1. The number of benzene rings is 3. The van der Waals surface area contributed by atoms with Crippen molar-refractivity contribution in [2.75, 3.05) is 12.9 Å². The molecule has 4 nitrogen and oxygen atoms in total. The maximum Gasteiger partial charge on any atom is 0.262 e. The van der Waals surface area contributed by atoms with Gasteiger partial charge in [0.15, 0.2) is 5.16 Å². The summed E-state index contributed by atoms with van der Waals surface area (Å²) in [6.45, 7) is 0.460. The fourth-order valence-corrected chi connectivity index (χ4v) is 4.24. The minimum atomic E-state index is -0.0133. The topological polar surface area (TPSA) is 44.1 Å². The summed E-state index contributed by atoms with van der Waals surface area (Å²) in [5, 5.41) is 1.38. The lowest BCUT2D eigenvalue weighted by Crippen LogP contribution is -2.24. The molecular formula is C24H22N2O2S. The first-order chi connectivity index (χ1) is 14.2. The normalized spacial score (nSPS) is 10.9. The molecule has 0 fully saturated rings. The highest BCUT2D eigenvalue weighted by molar-refractivity contribution is 7.99. The van der Waals surface area contributed by atoms with Crippen LogP contribution in [0.1, 0.15) is 11.1 Å². The Kier molecular flexibility index (Phi) is 5.96. The first-order valence-electron chi connectivity index (χ1n) is 9.54. The quantitative estimate of drug-likeness (QED) is 0.329. The number of aryl methyl sites for hydroxylation is 1. The third kappa shape index (κ3) is 4.51. The molecule has 0 aliphatic carbocycles. The van der Waals surface area contributed by atoms with Crippen LogP contribution in [0.3, 0.4) is 0 Å². The molecule has 0 saturated carbocycles. The second kappa shape index (κ2) is 8.97. The Morgan fingerprint density at radius 2 is 1.69 bits per heavy atom. The number of rotatable bonds is 7. The van der Waals surface area contributed by atoms with E-state index in [0.717, 1.165) is 34.2 Å². The van der Waals surface area contributed by atoms with Crippen LogP contribution in [0.5, 0.6) is 5.75 Å². The van der Waals surface area contributed by atoms with E-state index in [-0.39, 0.29) is 5.56 Å². The summed E-state index contributed by atoms with van der Waals surface area (Å²) >= 11 is 1.62. The molecule has 0 atom stereocenters. The van der Waals surface area contributed by atoms with Crippen molar-refractivity contribution in [3.8, 4) is 5.75 Å². The lowest BCUT2D eigenvalue weighted by Gasteiger charge is -2.14. The standard InChI is InChI=1S/C24H22N2O2S/c1-28-20-11-7-10-19(16-20)17-26-23(27)21-12-5-6-13-22(21)25-24(26)29-15-14-18-8-3-2-4-9-18/h2-13,16H,14-15,17H2,1H3. The van der Waals surface area contributed by atoms with Gasteiger partial charge in [-0.1, -0.05) is 66.4 Å². The highest BCUT2D eigenvalue weighted by Gasteiger charge is 2.12. The van der Waals surface area contributed by atoms with Crippen molar-refractivity contribution in [2.45, 2.75) is 18.1 Å². The molecule has 146 valence electrons. The Bertz CT molecular complexity index is 1170. The number of hydrogen-bond donors (Lipinski definition) is 0. The van der Waals surface area contributed by atoms with E-state index in [0.29, 0.717) is 11.9 Å². The monoisotopic (exact) mass is 402 g/mol. The zero-order chi connectivity index (χ0) is 20.1. The lowest BCUT2D eigenvalue weighted by atomic mass is 10.2. The van der Waals surface area contributed by atoms with E-state index in [2.05, 4.69) is 12.1 Å². The molecule has 0 N–H and O–H groups in total. The van der Waals surface area contributed by atoms with Crippen molar-refractivity contribution in [3.05, 3.63) is 100 Å². The van der Waals surface area contributed by atoms with Gasteiger partial charge in [-0.15, -0.1) is 0 Å². The number of para-hydroxylation sites is 1. The largest absolute Gasteiger partial charge is 0.497 e. The van der Waals surface area contributed by atoms with Gasteiger partial charge in [-0.2, -0.15) is 0 Å². The van der Waals surface area contributed by atoms with Gasteiger partial charge in [0, 0.05) is 5.75 Å². The Hall–Kier alpha value is -3.05. The molecule has 3 aromatic carbocycles. The Labute approximate surface area is 174 Å². The second-order valence-electron chi connectivity index (χ2n) is 6.74. The summed E-state index contributed by atoms with van der Waals surface area (Å²) in [5.41, 5.74) is 3.01. The fourth-order valence-electron chi connectivity index (χ4n) is 3.26. The van der Waals surface area contributed by atoms with E-state index >= 15 is 0 Å². The number of fused-ring (bicyclic) bond motifs is 1. The minimum Gasteiger partial charge on any atom is -0.497 e. The van der Waals surface area contributed by atoms with Crippen LogP contribution in [-0.4, -0.2) is 22.4 Å². The molecule has 0 saturated heterocycles. The summed E-state index contributed by atoms with van der Waals surface area (Å²) < 4.78 is 7.10. The predicted octanol–water partition coefficient (Wildman–Crippen LogP) is 4.79. The van der Waals surface area contributed by atoms with Gasteiger partial charge in [0.1, 0.15) is 5.75 Å². The number of hydrogen-bond acceptors (Lipinski definition) is 4. The van der Waals surface area contributed by atoms with Crippen LogP contribution in [0.25, 0.3) is 10.9 Å². The summed E-state index contributed by atoms with van der Waals surface area (Å²) in [7, 11) is 1.65. The van der Waals surface area contributed by atoms with Crippen LogP contribution in [0.15, 0.2) is 88.8 Å². The summed E-state index contributed by atoms with van der Waals surface area (Å²) in [5.74, 6) is 1.63. The highest BCUT2D eigenvalue weighted by atomic mass is 32.2. The molecule has 5 heteroatoms. The first kappa shape index (κ1) is 19.3. The zero-order valence-electron chi connectivity index (χ0n) is 16.2. The van der Waals surface area contributed by atoms with E-state index < -0.39 is 0 Å². The van der Waals surface area contributed by atoms with Gasteiger partial charge in [-0.3, -0.25) is 9.36 Å². The van der Waals surface area contributed by atoms with E-state index in [1.54, 1.807) is 23.4 Å². The van der Waals surface area contributed by atoms with Gasteiger partial charge in [0.05, 0.1) is 24.6 Å². The van der Waals surface area contributed by atoms with Crippen LogP contribution in [-0.2, 0) is 13.0 Å². The molecule has 0 amide bonds. The molecule has 0 aliphatic heterocycles. The first-order valence-corrected chi connectivity index (χ1v) is 10.5. The molecule has 4 aromatic rings. The van der Waals surface area contributed by atoms with Crippen LogP contribution < -0.4 is 10.3 Å². The van der Waals surface area contributed by atoms with Crippen LogP contribution >= 0.6 is 11.8 Å². The van der Waals surface area contributed by atoms with Gasteiger partial charge >= 0.3 is 0 Å². The average molecular weight is 403 g/mol. The van der Waals surface area contributed by atoms with E-state index in [4.69, 9.17) is 9.72 Å². The maximum absolute atomic E-state index is 13.2. The summed E-state index contributed by atoms with van der Waals surface area (Å²) in [6.07, 6.45) is 0.924. The van der Waals surface area contributed by atoms with Crippen molar-refractivity contribution in [2.24, 2.45) is 0 Å². The van der Waals surface area contributed by atoms with Crippen molar-refractivity contribution in [1.29, 1.82) is 0 Å². The smallest absolute Gasteiger partial charge is 0.262 e. The molecule has 0 aliphatic rings. The number of nitrogens with zero attached hydrogens (tertiary/aromatic N) is 2. The summed E-state index contributed by atoms with van der Waals surface area (Å²) in [6, 6.07) is 25.7. The third-order valence-corrected chi connectivity index (χ3v) is 5.74. The maximum atomic E-state index is 13.2. The predicted molar refractivity (Wildman–Crippen MR) is 119 cm³/mol. The highest BCUT2D eigenvalue weighted by Crippen LogP contribution is 2.21. The second-order valence-corrected chi connectivity index (χ2v) is 7.80. The van der Waals surface area contributed by atoms with E-state index in [1.165, 1.54) is 5.56 Å². The van der Waals surface area contributed by atoms with Crippen molar-refractivity contribution in [1.82, 2.24) is 9.55 Å². The molecule has 0 bridgehead atoms. The van der Waals surface area contributed by atoms with Crippen LogP contribution in [0, 0.1) is 0 Å². The van der Waals surface area contributed by atoms with E-state index in [1.807, 2.05) is 66.7 Å². The molecule has 0 unspecified atom stereocenters. The molecule has 1 heterocycles. The number of aromatic nitrogens is 2. The molecule has 29 heavy (non-hydrogen) atoms.